The minimum absolute atomic E-state index is 0.0558. The van der Waals surface area contributed by atoms with Crippen LogP contribution in [0.5, 0.6) is 5.75 Å². The summed E-state index contributed by atoms with van der Waals surface area (Å²) in [6.07, 6.45) is 11.4. The van der Waals surface area contributed by atoms with E-state index in [1.807, 2.05) is 6.07 Å². The monoisotopic (exact) mass is 496 g/mol. The summed E-state index contributed by atoms with van der Waals surface area (Å²) in [5.74, 6) is 1.32. The molecule has 0 bridgehead atoms. The van der Waals surface area contributed by atoms with Crippen molar-refractivity contribution in [1.29, 1.82) is 0 Å². The minimum Gasteiger partial charge on any atom is -0.535 e. The molecule has 196 valence electrons. The third kappa shape index (κ3) is 7.11. The molecule has 0 amide bonds. The molecule has 3 saturated carbocycles. The fraction of sp³-hybridized carbons (Fsp3) is 0.714. The van der Waals surface area contributed by atoms with Gasteiger partial charge in [-0.1, -0.05) is 12.1 Å². The van der Waals surface area contributed by atoms with Gasteiger partial charge in [0, 0.05) is 50.9 Å². The molecule has 0 radical (unpaired) electrons. The van der Waals surface area contributed by atoms with Crippen LogP contribution in [0.15, 0.2) is 18.2 Å². The second kappa shape index (κ2) is 11.7. The Balaban J connectivity index is 1.01. The van der Waals surface area contributed by atoms with Crippen LogP contribution in [0.25, 0.3) is 0 Å². The van der Waals surface area contributed by atoms with E-state index in [1.54, 1.807) is 6.07 Å². The highest BCUT2D eigenvalue weighted by atomic mass is 16.5. The molecule has 8 heteroatoms. The van der Waals surface area contributed by atoms with Crippen LogP contribution in [0.2, 0.25) is 5.82 Å². The van der Waals surface area contributed by atoms with Crippen LogP contribution in [-0.2, 0) is 11.2 Å². The van der Waals surface area contributed by atoms with E-state index >= 15 is 0 Å². The molecule has 1 aliphatic heterocycles. The normalized spacial score (nSPS) is 25.9. The van der Waals surface area contributed by atoms with Crippen molar-refractivity contribution in [3.05, 3.63) is 29.3 Å². The molecular weight excluding hydrogens is 455 g/mol. The van der Waals surface area contributed by atoms with E-state index in [4.69, 9.17) is 4.65 Å². The van der Waals surface area contributed by atoms with Gasteiger partial charge in [0.05, 0.1) is 5.56 Å². The zero-order chi connectivity index (χ0) is 25.1. The van der Waals surface area contributed by atoms with Crippen molar-refractivity contribution in [3.63, 3.8) is 0 Å². The van der Waals surface area contributed by atoms with Crippen molar-refractivity contribution in [2.75, 3.05) is 26.2 Å². The van der Waals surface area contributed by atoms with Gasteiger partial charge in [0.1, 0.15) is 11.5 Å². The first-order valence-electron chi connectivity index (χ1n) is 14.1. The average molecular weight is 496 g/mol. The van der Waals surface area contributed by atoms with Crippen LogP contribution in [0, 0.1) is 17.8 Å². The fourth-order valence-electron chi connectivity index (χ4n) is 6.11. The highest BCUT2D eigenvalue weighted by Gasteiger charge is 2.38. The number of nitrogens with zero attached hydrogens (tertiary/aromatic N) is 1. The predicted molar refractivity (Wildman–Crippen MR) is 139 cm³/mol. The third-order valence-corrected chi connectivity index (χ3v) is 8.59. The quantitative estimate of drug-likeness (QED) is 0.358. The smallest absolute Gasteiger partial charge is 0.526 e. The number of Topliss-reactive ketones (excluding diaryl/α,β-unsaturated/α-hetero) is 1. The number of hydrogen-bond acceptors (Lipinski definition) is 6. The third-order valence-electron chi connectivity index (χ3n) is 8.59. The van der Waals surface area contributed by atoms with Crippen LogP contribution in [-0.4, -0.2) is 66.1 Å². The number of hydrogen-bond donors (Lipinski definition) is 3. The molecule has 1 atom stereocenters. The van der Waals surface area contributed by atoms with Gasteiger partial charge >= 0.3 is 13.1 Å². The van der Waals surface area contributed by atoms with Gasteiger partial charge in [-0.25, -0.2) is 4.79 Å². The van der Waals surface area contributed by atoms with Gasteiger partial charge in [-0.05, 0) is 87.2 Å². The second-order valence-corrected chi connectivity index (χ2v) is 11.8. The maximum Gasteiger partial charge on any atom is 0.526 e. The van der Waals surface area contributed by atoms with E-state index in [2.05, 4.69) is 10.2 Å². The van der Waals surface area contributed by atoms with Crippen LogP contribution in [0.4, 0.5) is 0 Å². The lowest BCUT2D eigenvalue weighted by Gasteiger charge is -2.31. The lowest BCUT2D eigenvalue weighted by Crippen LogP contribution is -2.40. The van der Waals surface area contributed by atoms with Crippen molar-refractivity contribution in [1.82, 2.24) is 10.2 Å². The Labute approximate surface area is 215 Å². The maximum absolute atomic E-state index is 12.8. The van der Waals surface area contributed by atoms with Gasteiger partial charge in [-0.15, -0.1) is 0 Å². The number of carbonyl (C=O) groups excluding carboxylic acids is 1. The number of ketones is 1. The van der Waals surface area contributed by atoms with Gasteiger partial charge in [0.25, 0.3) is 0 Å². The summed E-state index contributed by atoms with van der Waals surface area (Å²) in [4.78, 5) is 27.0. The van der Waals surface area contributed by atoms with Gasteiger partial charge in [0.2, 0.25) is 0 Å². The summed E-state index contributed by atoms with van der Waals surface area (Å²) >= 11 is 0. The molecule has 3 fully saturated rings. The summed E-state index contributed by atoms with van der Waals surface area (Å²) < 4.78 is 5.56. The molecule has 5 rings (SSSR count). The van der Waals surface area contributed by atoms with E-state index in [-0.39, 0.29) is 29.3 Å². The number of rotatable bonds is 13. The molecule has 0 unspecified atom stereocenters. The molecule has 1 heterocycles. The molecule has 7 nitrogen and oxygen atoms in total. The molecule has 1 aromatic rings. The summed E-state index contributed by atoms with van der Waals surface area (Å²) in [6.45, 7) is 4.81. The fourth-order valence-corrected chi connectivity index (χ4v) is 6.11. The number of carboxylic acids is 1. The Kier molecular flexibility index (Phi) is 8.33. The first kappa shape index (κ1) is 25.7. The second-order valence-electron chi connectivity index (χ2n) is 11.8. The standard InChI is InChI=1S/C28H41BN2O5/c32-25(16-23-15-22-2-1-3-26(28(33)34)27(22)36-29(23)35)14-19-8-10-24(11-9-19)30-12-13-31(17-20-4-5-20)18-21-6-7-21/h1-3,19-21,23-24,30,35H,4-18H2,(H,33,34)/t19?,23-,24?/m1/s1. The van der Waals surface area contributed by atoms with E-state index < -0.39 is 13.1 Å². The molecule has 0 spiro atoms. The zero-order valence-corrected chi connectivity index (χ0v) is 21.4. The minimum atomic E-state index is -1.15. The van der Waals surface area contributed by atoms with Gasteiger partial charge in [-0.2, -0.15) is 0 Å². The van der Waals surface area contributed by atoms with E-state index in [0.29, 0.717) is 24.8 Å². The van der Waals surface area contributed by atoms with Crippen molar-refractivity contribution in [2.45, 2.75) is 82.5 Å². The van der Waals surface area contributed by atoms with E-state index in [9.17, 15) is 19.7 Å². The highest BCUT2D eigenvalue weighted by Crippen LogP contribution is 2.37. The number of fused-ring (bicyclic) bond motifs is 1. The zero-order valence-electron chi connectivity index (χ0n) is 21.4. The number of para-hydroxylation sites is 1. The summed E-state index contributed by atoms with van der Waals surface area (Å²) in [5.41, 5.74) is 0.803. The Morgan fingerprint density at radius 1 is 0.972 bits per heavy atom. The van der Waals surface area contributed by atoms with Crippen molar-refractivity contribution >= 4 is 18.9 Å². The maximum atomic E-state index is 12.8. The number of carboxylic acid groups (broad SMARTS) is 1. The molecule has 0 aromatic heterocycles. The highest BCUT2D eigenvalue weighted by molar-refractivity contribution is 6.47. The number of benzene rings is 1. The Bertz CT molecular complexity index is 913. The van der Waals surface area contributed by atoms with Crippen molar-refractivity contribution < 1.29 is 24.4 Å². The first-order valence-corrected chi connectivity index (χ1v) is 14.1. The lowest BCUT2D eigenvalue weighted by molar-refractivity contribution is -0.120. The lowest BCUT2D eigenvalue weighted by atomic mass is 9.64. The Hall–Kier alpha value is -1.90. The average Bonchev–Trinajstić information content (AvgIpc) is 3.78. The molecule has 0 saturated heterocycles. The largest absolute Gasteiger partial charge is 0.535 e. The topological polar surface area (TPSA) is 99.1 Å². The van der Waals surface area contributed by atoms with Crippen LogP contribution < -0.4 is 9.97 Å². The molecule has 3 N–H and O–H groups in total. The molecule has 1 aromatic carbocycles. The summed E-state index contributed by atoms with van der Waals surface area (Å²) in [7, 11) is -1.15. The van der Waals surface area contributed by atoms with Crippen LogP contribution in [0.1, 0.15) is 80.1 Å². The SMILES string of the molecule is O=C(CC1CCC(NCCN(CC2CC2)CC2CC2)CC1)C[C@H]1Cc2cccc(C(=O)O)c2OB1O. The Morgan fingerprint density at radius 3 is 2.28 bits per heavy atom. The van der Waals surface area contributed by atoms with Gasteiger partial charge in [-0.3, -0.25) is 4.79 Å². The van der Waals surface area contributed by atoms with Crippen LogP contribution in [0.3, 0.4) is 0 Å². The predicted octanol–water partition coefficient (Wildman–Crippen LogP) is 3.79. The Morgan fingerprint density at radius 2 is 1.64 bits per heavy atom. The van der Waals surface area contributed by atoms with Crippen molar-refractivity contribution in [3.8, 4) is 5.75 Å². The number of nitrogens with one attached hydrogen (secondary N) is 1. The van der Waals surface area contributed by atoms with Gasteiger partial charge < -0.3 is 25.0 Å². The number of aromatic carboxylic acids is 1. The molecule has 4 aliphatic rings. The first-order chi connectivity index (χ1) is 17.4. The summed E-state index contributed by atoms with van der Waals surface area (Å²) in [6, 6.07) is 5.54. The number of carbonyl (C=O) groups is 2. The molecule has 36 heavy (non-hydrogen) atoms. The van der Waals surface area contributed by atoms with Crippen molar-refractivity contribution in [2.24, 2.45) is 17.8 Å². The van der Waals surface area contributed by atoms with E-state index in [1.165, 1.54) is 44.8 Å². The van der Waals surface area contributed by atoms with Crippen LogP contribution >= 0.6 is 0 Å². The summed E-state index contributed by atoms with van der Waals surface area (Å²) in [5, 5.41) is 23.6. The molecular formula is C28H41BN2O5. The van der Waals surface area contributed by atoms with Gasteiger partial charge in [0.15, 0.2) is 0 Å². The molecule has 3 aliphatic carbocycles. The van der Waals surface area contributed by atoms with E-state index in [0.717, 1.165) is 56.2 Å².